The topological polar surface area (TPSA) is 103 Å². The molecule has 0 amide bonds. The molecule has 7 nitrogen and oxygen atoms in total. The fraction of sp³-hybridized carbons (Fsp3) is 0. The molecular weight excluding hydrogens is 250 g/mol. The van der Waals surface area contributed by atoms with E-state index in [4.69, 9.17) is 10.00 Å². The fourth-order valence-corrected chi connectivity index (χ4v) is 1.41. The van der Waals surface area contributed by atoms with Crippen LogP contribution < -0.4 is 9.47 Å². The van der Waals surface area contributed by atoms with E-state index in [1.807, 2.05) is 0 Å². The highest BCUT2D eigenvalue weighted by Gasteiger charge is 2.14. The first-order valence-electron chi connectivity index (χ1n) is 5.16. The number of hydrogen-bond donors (Lipinski definition) is 0. The standard InChI is InChI=1S/C12H7N3O4/c13-8-9-7-10(15(17)18)4-5-11(9)19-12-3-1-2-6-14(12)16/h1-7H. The van der Waals surface area contributed by atoms with Crippen LogP contribution in [0.2, 0.25) is 0 Å². The normalized spacial score (nSPS) is 9.63. The molecule has 7 heteroatoms. The van der Waals surface area contributed by atoms with E-state index in [1.54, 1.807) is 12.1 Å². The molecule has 0 N–H and O–H groups in total. The number of benzene rings is 1. The first kappa shape index (κ1) is 12.3. The van der Waals surface area contributed by atoms with Crippen LogP contribution in [0, 0.1) is 26.7 Å². The Morgan fingerprint density at radius 3 is 2.74 bits per heavy atom. The van der Waals surface area contributed by atoms with Gasteiger partial charge in [-0.3, -0.25) is 10.1 Å². The van der Waals surface area contributed by atoms with Crippen molar-refractivity contribution < 1.29 is 14.4 Å². The summed E-state index contributed by atoms with van der Waals surface area (Å²) < 4.78 is 5.76. The van der Waals surface area contributed by atoms with Crippen molar-refractivity contribution in [2.24, 2.45) is 0 Å². The number of non-ortho nitro benzene ring substituents is 1. The first-order valence-corrected chi connectivity index (χ1v) is 5.16. The molecule has 2 aromatic rings. The second-order valence-corrected chi connectivity index (χ2v) is 3.52. The number of hydrogen-bond acceptors (Lipinski definition) is 5. The van der Waals surface area contributed by atoms with Crippen LogP contribution in [-0.4, -0.2) is 4.92 Å². The Hall–Kier alpha value is -3.14. The third-order valence-corrected chi connectivity index (χ3v) is 2.30. The zero-order chi connectivity index (χ0) is 13.8. The van der Waals surface area contributed by atoms with Gasteiger partial charge in [0.1, 0.15) is 11.6 Å². The predicted molar refractivity (Wildman–Crippen MR) is 63.3 cm³/mol. The molecule has 0 fully saturated rings. The maximum atomic E-state index is 11.4. The van der Waals surface area contributed by atoms with Gasteiger partial charge in [0.25, 0.3) is 5.69 Å². The van der Waals surface area contributed by atoms with Crippen molar-refractivity contribution in [1.82, 2.24) is 0 Å². The number of pyridine rings is 1. The Balaban J connectivity index is 2.39. The van der Waals surface area contributed by atoms with Crippen molar-refractivity contribution in [3.05, 3.63) is 63.5 Å². The Morgan fingerprint density at radius 2 is 2.11 bits per heavy atom. The van der Waals surface area contributed by atoms with Gasteiger partial charge in [0.2, 0.25) is 0 Å². The van der Waals surface area contributed by atoms with Gasteiger partial charge in [0.15, 0.2) is 11.9 Å². The second kappa shape index (κ2) is 5.01. The summed E-state index contributed by atoms with van der Waals surface area (Å²) in [6.07, 6.45) is 1.24. The largest absolute Gasteiger partial charge is 0.616 e. The molecule has 0 radical (unpaired) electrons. The highest BCUT2D eigenvalue weighted by atomic mass is 16.6. The van der Waals surface area contributed by atoms with E-state index >= 15 is 0 Å². The second-order valence-electron chi connectivity index (χ2n) is 3.52. The predicted octanol–water partition coefficient (Wildman–Crippen LogP) is 1.89. The molecule has 19 heavy (non-hydrogen) atoms. The molecule has 0 aliphatic heterocycles. The lowest BCUT2D eigenvalue weighted by Crippen LogP contribution is -2.26. The number of nitriles is 1. The van der Waals surface area contributed by atoms with Crippen molar-refractivity contribution in [3.8, 4) is 17.7 Å². The molecule has 0 unspecified atom stereocenters. The maximum Gasteiger partial charge on any atom is 0.384 e. The zero-order valence-corrected chi connectivity index (χ0v) is 9.52. The van der Waals surface area contributed by atoms with Crippen molar-refractivity contribution in [1.29, 1.82) is 5.26 Å². The molecule has 0 aliphatic rings. The smallest absolute Gasteiger partial charge is 0.384 e. The van der Waals surface area contributed by atoms with Crippen LogP contribution in [-0.2, 0) is 0 Å². The third-order valence-electron chi connectivity index (χ3n) is 2.30. The Labute approximate surface area is 107 Å². The molecule has 1 aromatic heterocycles. The van der Waals surface area contributed by atoms with E-state index < -0.39 is 4.92 Å². The van der Waals surface area contributed by atoms with Gasteiger partial charge in [0.05, 0.1) is 11.0 Å². The molecule has 94 valence electrons. The van der Waals surface area contributed by atoms with Crippen molar-refractivity contribution >= 4 is 5.69 Å². The highest BCUT2D eigenvalue weighted by Crippen LogP contribution is 2.26. The average Bonchev–Trinajstić information content (AvgIpc) is 2.41. The lowest BCUT2D eigenvalue weighted by molar-refractivity contribution is -0.611. The van der Waals surface area contributed by atoms with Crippen LogP contribution in [0.4, 0.5) is 5.69 Å². The van der Waals surface area contributed by atoms with E-state index in [0.29, 0.717) is 4.73 Å². The van der Waals surface area contributed by atoms with Crippen LogP contribution in [0.15, 0.2) is 42.6 Å². The SMILES string of the molecule is N#Cc1cc([N+](=O)[O-])ccc1Oc1cccc[n+]1[O-]. The summed E-state index contributed by atoms with van der Waals surface area (Å²) >= 11 is 0. The molecule has 1 heterocycles. The lowest BCUT2D eigenvalue weighted by Gasteiger charge is -2.06. The van der Waals surface area contributed by atoms with Crippen molar-refractivity contribution in [2.45, 2.75) is 0 Å². The van der Waals surface area contributed by atoms with Gasteiger partial charge >= 0.3 is 5.88 Å². The molecule has 0 saturated carbocycles. The number of nitro groups is 1. The summed E-state index contributed by atoms with van der Waals surface area (Å²) in [7, 11) is 0. The van der Waals surface area contributed by atoms with Crippen LogP contribution >= 0.6 is 0 Å². The average molecular weight is 257 g/mol. The minimum Gasteiger partial charge on any atom is -0.616 e. The molecule has 2 rings (SSSR count). The van der Waals surface area contributed by atoms with Gasteiger partial charge in [-0.1, -0.05) is 0 Å². The zero-order valence-electron chi connectivity index (χ0n) is 9.52. The molecule has 0 spiro atoms. The Bertz CT molecular complexity index is 679. The van der Waals surface area contributed by atoms with Gasteiger partial charge in [-0.05, 0) is 12.1 Å². The molecule has 0 aliphatic carbocycles. The van der Waals surface area contributed by atoms with Crippen LogP contribution in [0.1, 0.15) is 5.56 Å². The van der Waals surface area contributed by atoms with E-state index in [9.17, 15) is 15.3 Å². The number of nitrogens with zero attached hydrogens (tertiary/aromatic N) is 3. The van der Waals surface area contributed by atoms with Crippen molar-refractivity contribution in [2.75, 3.05) is 0 Å². The summed E-state index contributed by atoms with van der Waals surface area (Å²) in [5.74, 6) is 0.0664. The molecular formula is C12H7N3O4. The van der Waals surface area contributed by atoms with Crippen molar-refractivity contribution in [3.63, 3.8) is 0 Å². The van der Waals surface area contributed by atoms with Gasteiger partial charge in [0, 0.05) is 18.2 Å². The summed E-state index contributed by atoms with van der Waals surface area (Å²) in [6.45, 7) is 0. The van der Waals surface area contributed by atoms with Crippen LogP contribution in [0.5, 0.6) is 11.6 Å². The maximum absolute atomic E-state index is 11.4. The van der Waals surface area contributed by atoms with Crippen LogP contribution in [0.3, 0.4) is 0 Å². The minimum atomic E-state index is -0.610. The van der Waals surface area contributed by atoms with Gasteiger partial charge < -0.3 is 9.94 Å². The van der Waals surface area contributed by atoms with Gasteiger partial charge in [-0.15, -0.1) is 4.73 Å². The Kier molecular flexibility index (Phi) is 3.25. The summed E-state index contributed by atoms with van der Waals surface area (Å²) in [6, 6.07) is 9.92. The summed E-state index contributed by atoms with van der Waals surface area (Å²) in [5, 5.41) is 30.9. The number of rotatable bonds is 3. The third kappa shape index (κ3) is 2.58. The summed E-state index contributed by atoms with van der Waals surface area (Å²) in [5.41, 5.74) is -0.231. The minimum absolute atomic E-state index is 0.0157. The molecule has 0 bridgehead atoms. The monoisotopic (exact) mass is 257 g/mol. The number of aromatic nitrogens is 1. The lowest BCUT2D eigenvalue weighted by atomic mass is 10.2. The van der Waals surface area contributed by atoms with Gasteiger partial charge in [-0.2, -0.15) is 5.26 Å². The quantitative estimate of drug-likeness (QED) is 0.361. The van der Waals surface area contributed by atoms with Crippen LogP contribution in [0.25, 0.3) is 0 Å². The Morgan fingerprint density at radius 1 is 1.32 bits per heavy atom. The number of ether oxygens (including phenoxy) is 1. The molecule has 1 aromatic carbocycles. The highest BCUT2D eigenvalue weighted by molar-refractivity contribution is 5.50. The first-order chi connectivity index (χ1) is 9.11. The van der Waals surface area contributed by atoms with Gasteiger partial charge in [-0.25, -0.2) is 0 Å². The van der Waals surface area contributed by atoms with E-state index in [-0.39, 0.29) is 22.9 Å². The summed E-state index contributed by atoms with van der Waals surface area (Å²) in [4.78, 5) is 9.98. The van der Waals surface area contributed by atoms with E-state index in [1.165, 1.54) is 30.5 Å². The fourth-order valence-electron chi connectivity index (χ4n) is 1.41. The number of nitro benzene ring substituents is 1. The van der Waals surface area contributed by atoms with E-state index in [0.717, 1.165) is 6.07 Å². The molecule has 0 saturated heterocycles. The molecule has 0 atom stereocenters. The van der Waals surface area contributed by atoms with E-state index in [2.05, 4.69) is 0 Å².